The molecule has 0 bridgehead atoms. The number of ether oxygens (including phenoxy) is 1. The molecule has 7 heteroatoms. The van der Waals surface area contributed by atoms with Gasteiger partial charge in [0.25, 0.3) is 0 Å². The third kappa shape index (κ3) is 3.66. The van der Waals surface area contributed by atoms with Crippen molar-refractivity contribution in [2.24, 2.45) is 0 Å². The second-order valence-corrected chi connectivity index (χ2v) is 4.90. The zero-order valence-corrected chi connectivity index (χ0v) is 11.6. The molecule has 19 heavy (non-hydrogen) atoms. The summed E-state index contributed by atoms with van der Waals surface area (Å²) in [6, 6.07) is 0.310. The molecule has 0 amide bonds. The number of aromatic nitrogens is 3. The zero-order valence-electron chi connectivity index (χ0n) is 11.6. The fourth-order valence-corrected chi connectivity index (χ4v) is 2.00. The number of rotatable bonds is 4. The summed E-state index contributed by atoms with van der Waals surface area (Å²) in [5, 5.41) is 12.6. The Balaban J connectivity index is 2.22. The molecule has 0 saturated carbocycles. The summed E-state index contributed by atoms with van der Waals surface area (Å²) >= 11 is 0. The van der Waals surface area contributed by atoms with Gasteiger partial charge in [-0.15, -0.1) is 0 Å². The molecule has 0 radical (unpaired) electrons. The van der Waals surface area contributed by atoms with Gasteiger partial charge in [-0.2, -0.15) is 15.0 Å². The van der Waals surface area contributed by atoms with Crippen LogP contribution < -0.4 is 15.0 Å². The molecule has 2 rings (SSSR count). The first kappa shape index (κ1) is 13.8. The lowest BCUT2D eigenvalue weighted by Gasteiger charge is -2.30. The molecule has 1 unspecified atom stereocenters. The van der Waals surface area contributed by atoms with Crippen LogP contribution in [-0.2, 0) is 0 Å². The highest BCUT2D eigenvalue weighted by Crippen LogP contribution is 2.19. The van der Waals surface area contributed by atoms with Gasteiger partial charge in [-0.05, 0) is 26.7 Å². The van der Waals surface area contributed by atoms with Gasteiger partial charge in [-0.1, -0.05) is 0 Å². The highest BCUT2D eigenvalue weighted by atomic mass is 16.5. The first-order valence-electron chi connectivity index (χ1n) is 6.62. The first-order valence-corrected chi connectivity index (χ1v) is 6.62. The molecule has 7 nitrogen and oxygen atoms in total. The quantitative estimate of drug-likeness (QED) is 0.829. The van der Waals surface area contributed by atoms with Crippen LogP contribution in [0.15, 0.2) is 0 Å². The van der Waals surface area contributed by atoms with E-state index in [0.29, 0.717) is 24.5 Å². The second-order valence-electron chi connectivity index (χ2n) is 4.90. The maximum atomic E-state index is 9.72. The Labute approximate surface area is 113 Å². The normalized spacial score (nSPS) is 19.6. The predicted octanol–water partition coefficient (Wildman–Crippen LogP) is 0.662. The Morgan fingerprint density at radius 3 is 2.79 bits per heavy atom. The highest BCUT2D eigenvalue weighted by molar-refractivity contribution is 5.38. The van der Waals surface area contributed by atoms with Crippen molar-refractivity contribution in [3.05, 3.63) is 0 Å². The number of nitrogens with one attached hydrogen (secondary N) is 1. The summed E-state index contributed by atoms with van der Waals surface area (Å²) in [4.78, 5) is 14.8. The van der Waals surface area contributed by atoms with Crippen molar-refractivity contribution in [1.29, 1.82) is 0 Å². The van der Waals surface area contributed by atoms with E-state index < -0.39 is 0 Å². The number of hydrogen-bond donors (Lipinski definition) is 2. The van der Waals surface area contributed by atoms with E-state index in [1.54, 1.807) is 7.05 Å². The maximum absolute atomic E-state index is 9.72. The average Bonchev–Trinajstić information content (AvgIpc) is 2.37. The molecule has 1 atom stereocenters. The van der Waals surface area contributed by atoms with Crippen LogP contribution in [-0.4, -0.2) is 52.4 Å². The van der Waals surface area contributed by atoms with Gasteiger partial charge in [0.05, 0.1) is 12.2 Å². The number of β-amino-alcohol motifs (C(OH)–C–C–N with tert-alkyl or cyclic N) is 1. The second kappa shape index (κ2) is 6.01. The molecule has 106 valence electrons. The van der Waals surface area contributed by atoms with Gasteiger partial charge in [0.2, 0.25) is 11.9 Å². The Bertz CT molecular complexity index is 427. The molecule has 0 spiro atoms. The van der Waals surface area contributed by atoms with E-state index in [0.717, 1.165) is 19.4 Å². The largest absolute Gasteiger partial charge is 0.461 e. The third-order valence-corrected chi connectivity index (χ3v) is 2.85. The predicted molar refractivity (Wildman–Crippen MR) is 72.6 cm³/mol. The van der Waals surface area contributed by atoms with Crippen LogP contribution in [0.4, 0.5) is 11.9 Å². The standard InChI is InChI=1S/C12H21N5O2/c1-8(2)19-12-15-10(13-3)14-11(16-12)17-6-4-5-9(18)7-17/h8-9,18H,4-7H2,1-3H3,(H,13,14,15,16). The molecular formula is C12H21N5O2. The van der Waals surface area contributed by atoms with E-state index in [1.807, 2.05) is 18.7 Å². The van der Waals surface area contributed by atoms with Crippen molar-refractivity contribution in [2.75, 3.05) is 30.4 Å². The lowest BCUT2D eigenvalue weighted by molar-refractivity contribution is 0.153. The number of piperidine rings is 1. The van der Waals surface area contributed by atoms with E-state index in [2.05, 4.69) is 20.3 Å². The van der Waals surface area contributed by atoms with E-state index in [-0.39, 0.29) is 12.2 Å². The minimum absolute atomic E-state index is 0.00639. The van der Waals surface area contributed by atoms with E-state index in [1.165, 1.54) is 0 Å². The van der Waals surface area contributed by atoms with Crippen molar-refractivity contribution in [2.45, 2.75) is 38.9 Å². The Hall–Kier alpha value is -1.63. The minimum atomic E-state index is -0.321. The molecule has 1 aromatic rings. The third-order valence-electron chi connectivity index (χ3n) is 2.85. The lowest BCUT2D eigenvalue weighted by atomic mass is 10.1. The topological polar surface area (TPSA) is 83.4 Å². The summed E-state index contributed by atoms with van der Waals surface area (Å²) in [5.74, 6) is 1.02. The smallest absolute Gasteiger partial charge is 0.323 e. The summed E-state index contributed by atoms with van der Waals surface area (Å²) in [5.41, 5.74) is 0. The fourth-order valence-electron chi connectivity index (χ4n) is 2.00. The molecule has 1 saturated heterocycles. The minimum Gasteiger partial charge on any atom is -0.461 e. The van der Waals surface area contributed by atoms with Crippen LogP contribution >= 0.6 is 0 Å². The van der Waals surface area contributed by atoms with E-state index in [9.17, 15) is 5.11 Å². The van der Waals surface area contributed by atoms with E-state index >= 15 is 0 Å². The first-order chi connectivity index (χ1) is 9.08. The summed E-state index contributed by atoms with van der Waals surface area (Å²) in [6.45, 7) is 5.24. The van der Waals surface area contributed by atoms with E-state index in [4.69, 9.17) is 4.74 Å². The summed E-state index contributed by atoms with van der Waals surface area (Å²) < 4.78 is 5.52. The molecule has 1 aliphatic heterocycles. The number of aliphatic hydroxyl groups is 1. The molecular weight excluding hydrogens is 246 g/mol. The van der Waals surface area contributed by atoms with Crippen molar-refractivity contribution >= 4 is 11.9 Å². The van der Waals surface area contributed by atoms with Crippen molar-refractivity contribution in [1.82, 2.24) is 15.0 Å². The summed E-state index contributed by atoms with van der Waals surface area (Å²) in [7, 11) is 1.75. The number of hydrogen-bond acceptors (Lipinski definition) is 7. The van der Waals surface area contributed by atoms with Crippen LogP contribution in [0.3, 0.4) is 0 Å². The number of aliphatic hydroxyl groups excluding tert-OH is 1. The van der Waals surface area contributed by atoms with Gasteiger partial charge in [-0.25, -0.2) is 0 Å². The molecule has 2 heterocycles. The fraction of sp³-hybridized carbons (Fsp3) is 0.750. The highest BCUT2D eigenvalue weighted by Gasteiger charge is 2.21. The van der Waals surface area contributed by atoms with Gasteiger partial charge >= 0.3 is 6.01 Å². The molecule has 2 N–H and O–H groups in total. The van der Waals surface area contributed by atoms with Gasteiger partial charge in [-0.3, -0.25) is 0 Å². The van der Waals surface area contributed by atoms with Crippen LogP contribution in [0.5, 0.6) is 6.01 Å². The molecule has 1 aliphatic rings. The Morgan fingerprint density at radius 1 is 1.37 bits per heavy atom. The van der Waals surface area contributed by atoms with Crippen molar-refractivity contribution < 1.29 is 9.84 Å². The van der Waals surface area contributed by atoms with Crippen molar-refractivity contribution in [3.8, 4) is 6.01 Å². The SMILES string of the molecule is CNc1nc(OC(C)C)nc(N2CCCC(O)C2)n1. The van der Waals surface area contributed by atoms with Crippen LogP contribution in [0.2, 0.25) is 0 Å². The van der Waals surface area contributed by atoms with Gasteiger partial charge < -0.3 is 20.1 Å². The molecule has 1 fully saturated rings. The summed E-state index contributed by atoms with van der Waals surface area (Å²) in [6.07, 6.45) is 1.45. The monoisotopic (exact) mass is 267 g/mol. The Morgan fingerprint density at radius 2 is 2.16 bits per heavy atom. The van der Waals surface area contributed by atoms with Crippen LogP contribution in [0.1, 0.15) is 26.7 Å². The Kier molecular flexibility index (Phi) is 4.36. The molecule has 0 aromatic carbocycles. The van der Waals surface area contributed by atoms with Gasteiger partial charge in [0, 0.05) is 20.1 Å². The molecule has 0 aliphatic carbocycles. The number of nitrogens with zero attached hydrogens (tertiary/aromatic N) is 4. The molecule has 1 aromatic heterocycles. The number of anilines is 2. The van der Waals surface area contributed by atoms with Crippen molar-refractivity contribution in [3.63, 3.8) is 0 Å². The maximum Gasteiger partial charge on any atom is 0.323 e. The van der Waals surface area contributed by atoms with Gasteiger partial charge in [0.15, 0.2) is 0 Å². The lowest BCUT2D eigenvalue weighted by Crippen LogP contribution is -2.39. The average molecular weight is 267 g/mol. The van der Waals surface area contributed by atoms with Crippen LogP contribution in [0.25, 0.3) is 0 Å². The van der Waals surface area contributed by atoms with Gasteiger partial charge in [0.1, 0.15) is 0 Å². The van der Waals surface area contributed by atoms with Crippen LogP contribution in [0, 0.1) is 0 Å². The zero-order chi connectivity index (χ0) is 13.8.